The molecule has 0 bridgehead atoms. The van der Waals surface area contributed by atoms with Crippen molar-refractivity contribution in [2.75, 3.05) is 11.9 Å². The Labute approximate surface area is 169 Å². The third-order valence-electron chi connectivity index (χ3n) is 4.26. The average molecular weight is 390 g/mol. The van der Waals surface area contributed by atoms with Crippen LogP contribution in [0.4, 0.5) is 11.5 Å². The minimum atomic E-state index is 0.507. The van der Waals surface area contributed by atoms with Gasteiger partial charge in [-0.15, -0.1) is 11.3 Å². The molecule has 4 aromatic rings. The summed E-state index contributed by atoms with van der Waals surface area (Å²) in [6, 6.07) is 20.5. The van der Waals surface area contributed by atoms with Crippen LogP contribution in [0.25, 0.3) is 20.7 Å². The third kappa shape index (κ3) is 4.15. The van der Waals surface area contributed by atoms with Crippen molar-refractivity contribution < 1.29 is 4.74 Å². The second-order valence-electron chi connectivity index (χ2n) is 7.17. The van der Waals surface area contributed by atoms with Gasteiger partial charge in [-0.3, -0.25) is 0 Å². The van der Waals surface area contributed by atoms with E-state index in [0.29, 0.717) is 5.92 Å². The molecule has 2 aromatic carbocycles. The van der Waals surface area contributed by atoms with Gasteiger partial charge in [0.15, 0.2) is 0 Å². The van der Waals surface area contributed by atoms with Crippen molar-refractivity contribution in [1.82, 2.24) is 9.97 Å². The van der Waals surface area contributed by atoms with Gasteiger partial charge in [0.25, 0.3) is 0 Å². The van der Waals surface area contributed by atoms with E-state index in [0.717, 1.165) is 39.9 Å². The zero-order chi connectivity index (χ0) is 19.5. The van der Waals surface area contributed by atoms with Gasteiger partial charge in [-0.2, -0.15) is 0 Å². The van der Waals surface area contributed by atoms with Gasteiger partial charge >= 0.3 is 0 Å². The Kier molecular flexibility index (Phi) is 5.26. The average Bonchev–Trinajstić information content (AvgIpc) is 3.12. The first-order chi connectivity index (χ1) is 13.6. The highest BCUT2D eigenvalue weighted by Crippen LogP contribution is 2.36. The van der Waals surface area contributed by atoms with Crippen molar-refractivity contribution in [3.8, 4) is 16.2 Å². The number of aromatic nitrogens is 2. The fourth-order valence-corrected chi connectivity index (χ4v) is 3.98. The summed E-state index contributed by atoms with van der Waals surface area (Å²) < 4.78 is 5.76. The number of nitrogens with one attached hydrogen (secondary N) is 1. The van der Waals surface area contributed by atoms with E-state index in [1.807, 2.05) is 37.3 Å². The normalized spacial score (nSPS) is 11.1. The number of nitrogens with zero attached hydrogens (tertiary/aromatic N) is 2. The molecule has 0 saturated carbocycles. The molecule has 2 aromatic heterocycles. The molecule has 4 rings (SSSR count). The Balaban J connectivity index is 1.62. The second-order valence-corrected chi connectivity index (χ2v) is 8.20. The Morgan fingerprint density at radius 2 is 1.75 bits per heavy atom. The molecule has 0 radical (unpaired) electrons. The first-order valence-electron chi connectivity index (χ1n) is 9.42. The predicted molar refractivity (Wildman–Crippen MR) is 118 cm³/mol. The van der Waals surface area contributed by atoms with E-state index < -0.39 is 0 Å². The van der Waals surface area contributed by atoms with Crippen molar-refractivity contribution in [1.29, 1.82) is 0 Å². The largest absolute Gasteiger partial charge is 0.493 e. The first-order valence-corrected chi connectivity index (χ1v) is 10.2. The molecule has 0 amide bonds. The van der Waals surface area contributed by atoms with Crippen LogP contribution in [0.3, 0.4) is 0 Å². The van der Waals surface area contributed by atoms with E-state index in [-0.39, 0.29) is 0 Å². The monoisotopic (exact) mass is 389 g/mol. The Bertz CT molecular complexity index is 1070. The summed E-state index contributed by atoms with van der Waals surface area (Å²) in [5.74, 6) is 2.97. The minimum Gasteiger partial charge on any atom is -0.493 e. The standard InChI is InChI=1S/C23H23N3OS/c1-15(2)14-27-19-11-9-18(10-12-19)26-22-20-13-21(17-7-5-4-6-8-17)28-23(20)25-16(3)24-22/h4-13,15H,14H2,1-3H3,(H,24,25,26). The van der Waals surface area contributed by atoms with Gasteiger partial charge in [-0.1, -0.05) is 44.2 Å². The Hall–Kier alpha value is -2.92. The Morgan fingerprint density at radius 1 is 1.00 bits per heavy atom. The molecule has 4 nitrogen and oxygen atoms in total. The first kappa shape index (κ1) is 18.4. The fraction of sp³-hybridized carbons (Fsp3) is 0.217. The molecule has 28 heavy (non-hydrogen) atoms. The maximum atomic E-state index is 5.76. The molecule has 0 spiro atoms. The van der Waals surface area contributed by atoms with Crippen molar-refractivity contribution >= 4 is 33.1 Å². The summed E-state index contributed by atoms with van der Waals surface area (Å²) >= 11 is 1.69. The highest BCUT2D eigenvalue weighted by Gasteiger charge is 2.12. The summed E-state index contributed by atoms with van der Waals surface area (Å²) in [5.41, 5.74) is 2.17. The molecule has 0 aliphatic heterocycles. The minimum absolute atomic E-state index is 0.507. The van der Waals surface area contributed by atoms with E-state index in [9.17, 15) is 0 Å². The molecule has 0 saturated heterocycles. The van der Waals surface area contributed by atoms with Gasteiger partial charge in [-0.05, 0) is 48.7 Å². The van der Waals surface area contributed by atoms with Crippen LogP contribution < -0.4 is 10.1 Å². The SMILES string of the molecule is Cc1nc(Nc2ccc(OCC(C)C)cc2)c2cc(-c3ccccc3)sc2n1. The summed E-state index contributed by atoms with van der Waals surface area (Å²) in [6.45, 7) is 6.93. The summed E-state index contributed by atoms with van der Waals surface area (Å²) in [4.78, 5) is 11.4. The van der Waals surface area contributed by atoms with Crippen molar-refractivity contribution in [2.45, 2.75) is 20.8 Å². The number of ether oxygens (including phenoxy) is 1. The fourth-order valence-electron chi connectivity index (χ4n) is 2.90. The molecule has 0 aliphatic rings. The van der Waals surface area contributed by atoms with Gasteiger partial charge < -0.3 is 10.1 Å². The smallest absolute Gasteiger partial charge is 0.142 e. The summed E-state index contributed by atoms with van der Waals surface area (Å²) in [5, 5.41) is 4.48. The number of thiophene rings is 1. The molecule has 0 atom stereocenters. The van der Waals surface area contributed by atoms with Crippen LogP contribution in [0.2, 0.25) is 0 Å². The van der Waals surface area contributed by atoms with Crippen LogP contribution in [-0.2, 0) is 0 Å². The maximum Gasteiger partial charge on any atom is 0.142 e. The predicted octanol–water partition coefficient (Wildman–Crippen LogP) is 6.45. The quantitative estimate of drug-likeness (QED) is 0.412. The molecule has 0 aliphatic carbocycles. The molecule has 142 valence electrons. The lowest BCUT2D eigenvalue weighted by atomic mass is 10.2. The van der Waals surface area contributed by atoms with E-state index in [2.05, 4.69) is 59.5 Å². The van der Waals surface area contributed by atoms with Crippen LogP contribution in [0.1, 0.15) is 19.7 Å². The van der Waals surface area contributed by atoms with E-state index in [4.69, 9.17) is 4.74 Å². The van der Waals surface area contributed by atoms with Crippen molar-refractivity contribution in [3.63, 3.8) is 0 Å². The summed E-state index contributed by atoms with van der Waals surface area (Å²) in [6.07, 6.45) is 0. The van der Waals surface area contributed by atoms with Gasteiger partial charge in [0.1, 0.15) is 22.2 Å². The second kappa shape index (κ2) is 7.98. The number of hydrogen-bond acceptors (Lipinski definition) is 5. The van der Waals surface area contributed by atoms with E-state index in [1.54, 1.807) is 11.3 Å². The van der Waals surface area contributed by atoms with Crippen LogP contribution in [0.5, 0.6) is 5.75 Å². The maximum absolute atomic E-state index is 5.76. The van der Waals surface area contributed by atoms with Crippen LogP contribution in [-0.4, -0.2) is 16.6 Å². The summed E-state index contributed by atoms with van der Waals surface area (Å²) in [7, 11) is 0. The van der Waals surface area contributed by atoms with Crippen LogP contribution >= 0.6 is 11.3 Å². The molecule has 5 heteroatoms. The lowest BCUT2D eigenvalue weighted by Crippen LogP contribution is -2.04. The zero-order valence-electron chi connectivity index (χ0n) is 16.3. The molecular formula is C23H23N3OS. The topological polar surface area (TPSA) is 47.0 Å². The number of rotatable bonds is 6. The molecule has 1 N–H and O–H groups in total. The van der Waals surface area contributed by atoms with Gasteiger partial charge in [0, 0.05) is 10.6 Å². The number of hydrogen-bond donors (Lipinski definition) is 1. The highest BCUT2D eigenvalue weighted by molar-refractivity contribution is 7.21. The molecule has 0 fully saturated rings. The number of anilines is 2. The number of aryl methyl sites for hydroxylation is 1. The van der Waals surface area contributed by atoms with Gasteiger partial charge in [0.05, 0.1) is 12.0 Å². The molecule has 0 unspecified atom stereocenters. The van der Waals surface area contributed by atoms with E-state index in [1.165, 1.54) is 10.4 Å². The molecule has 2 heterocycles. The number of fused-ring (bicyclic) bond motifs is 1. The van der Waals surface area contributed by atoms with Crippen molar-refractivity contribution in [2.24, 2.45) is 5.92 Å². The van der Waals surface area contributed by atoms with Gasteiger partial charge in [0.2, 0.25) is 0 Å². The van der Waals surface area contributed by atoms with Crippen LogP contribution in [0, 0.1) is 12.8 Å². The Morgan fingerprint density at radius 3 is 2.46 bits per heavy atom. The molecular weight excluding hydrogens is 366 g/mol. The van der Waals surface area contributed by atoms with Crippen LogP contribution in [0.15, 0.2) is 60.7 Å². The highest BCUT2D eigenvalue weighted by atomic mass is 32.1. The van der Waals surface area contributed by atoms with E-state index >= 15 is 0 Å². The zero-order valence-corrected chi connectivity index (χ0v) is 17.1. The van der Waals surface area contributed by atoms with Crippen molar-refractivity contribution in [3.05, 3.63) is 66.5 Å². The third-order valence-corrected chi connectivity index (χ3v) is 5.34. The lowest BCUT2D eigenvalue weighted by Gasteiger charge is -2.11. The number of benzene rings is 2. The lowest BCUT2D eigenvalue weighted by molar-refractivity contribution is 0.271. The van der Waals surface area contributed by atoms with Gasteiger partial charge in [-0.25, -0.2) is 9.97 Å².